The lowest BCUT2D eigenvalue weighted by Gasteiger charge is -2.00. The summed E-state index contributed by atoms with van der Waals surface area (Å²) in [5.74, 6) is 0.151. The summed E-state index contributed by atoms with van der Waals surface area (Å²) in [6, 6.07) is 6.57. The topological polar surface area (TPSA) is 47.2 Å². The number of aryl methyl sites for hydroxylation is 1. The van der Waals surface area contributed by atoms with E-state index < -0.39 is 0 Å². The van der Waals surface area contributed by atoms with E-state index in [4.69, 9.17) is 0 Å². The minimum atomic E-state index is -0.129. The van der Waals surface area contributed by atoms with E-state index in [0.717, 1.165) is 0 Å². The van der Waals surface area contributed by atoms with E-state index in [9.17, 15) is 9.90 Å². The average Bonchev–Trinajstić information content (AvgIpc) is 2.48. The van der Waals surface area contributed by atoms with E-state index in [1.165, 1.54) is 9.13 Å². The van der Waals surface area contributed by atoms with Gasteiger partial charge in [0.2, 0.25) is 0 Å². The molecule has 1 N–H and O–H groups in total. The number of hydrogen-bond acceptors (Lipinski definition) is 2. The Bertz CT molecular complexity index is 511. The number of phenolic OH excluding ortho intramolecular Hbond substituents is 1. The first-order valence-electron chi connectivity index (χ1n) is 4.22. The molecule has 2 aromatic rings. The molecule has 0 radical (unpaired) electrons. The van der Waals surface area contributed by atoms with Crippen LogP contribution in [0.3, 0.4) is 0 Å². The SMILES string of the molecule is Cn1ccn(-c2cccc(O)c2)c1=O. The summed E-state index contributed by atoms with van der Waals surface area (Å²) < 4.78 is 2.95. The smallest absolute Gasteiger partial charge is 0.332 e. The molecule has 4 heteroatoms. The number of hydrogen-bond donors (Lipinski definition) is 1. The maximum Gasteiger partial charge on any atom is 0.332 e. The van der Waals surface area contributed by atoms with E-state index in [-0.39, 0.29) is 11.4 Å². The number of aromatic nitrogens is 2. The highest BCUT2D eigenvalue weighted by atomic mass is 16.3. The number of aromatic hydroxyl groups is 1. The summed E-state index contributed by atoms with van der Waals surface area (Å²) in [4.78, 5) is 11.5. The summed E-state index contributed by atoms with van der Waals surface area (Å²) in [6.45, 7) is 0. The van der Waals surface area contributed by atoms with E-state index in [0.29, 0.717) is 5.69 Å². The maximum atomic E-state index is 11.5. The fourth-order valence-electron chi connectivity index (χ4n) is 1.30. The minimum absolute atomic E-state index is 0.129. The van der Waals surface area contributed by atoms with Crippen molar-refractivity contribution in [3.63, 3.8) is 0 Å². The lowest BCUT2D eigenvalue weighted by molar-refractivity contribution is 0.475. The molecule has 4 nitrogen and oxygen atoms in total. The predicted octanol–water partition coefficient (Wildman–Crippen LogP) is 0.882. The Morgan fingerprint density at radius 3 is 2.64 bits per heavy atom. The first-order valence-corrected chi connectivity index (χ1v) is 4.22. The van der Waals surface area contributed by atoms with E-state index in [1.54, 1.807) is 43.7 Å². The molecule has 2 rings (SSSR count). The number of phenols is 1. The Morgan fingerprint density at radius 1 is 1.29 bits per heavy atom. The van der Waals surface area contributed by atoms with Gasteiger partial charge in [0.05, 0.1) is 5.69 Å². The zero-order valence-corrected chi connectivity index (χ0v) is 7.71. The van der Waals surface area contributed by atoms with Gasteiger partial charge in [0.15, 0.2) is 0 Å². The van der Waals surface area contributed by atoms with Crippen LogP contribution >= 0.6 is 0 Å². The monoisotopic (exact) mass is 190 g/mol. The van der Waals surface area contributed by atoms with Gasteiger partial charge >= 0.3 is 5.69 Å². The van der Waals surface area contributed by atoms with Gasteiger partial charge in [0, 0.05) is 25.5 Å². The molecule has 0 atom stereocenters. The number of benzene rings is 1. The van der Waals surface area contributed by atoms with Gasteiger partial charge in [-0.05, 0) is 12.1 Å². The first kappa shape index (κ1) is 8.62. The highest BCUT2D eigenvalue weighted by Crippen LogP contribution is 2.13. The molecule has 0 aliphatic carbocycles. The second-order valence-electron chi connectivity index (χ2n) is 3.08. The summed E-state index contributed by atoms with van der Waals surface area (Å²) in [7, 11) is 1.68. The summed E-state index contributed by atoms with van der Waals surface area (Å²) >= 11 is 0. The van der Waals surface area contributed by atoms with E-state index >= 15 is 0 Å². The molecule has 0 saturated carbocycles. The van der Waals surface area contributed by atoms with Crippen LogP contribution in [0.25, 0.3) is 5.69 Å². The van der Waals surface area contributed by atoms with Crippen molar-refractivity contribution in [3.05, 3.63) is 47.1 Å². The molecule has 0 fully saturated rings. The molecule has 1 heterocycles. The van der Waals surface area contributed by atoms with Gasteiger partial charge in [-0.15, -0.1) is 0 Å². The van der Waals surface area contributed by atoms with Gasteiger partial charge < -0.3 is 9.67 Å². The van der Waals surface area contributed by atoms with Crippen molar-refractivity contribution in [2.24, 2.45) is 7.05 Å². The van der Waals surface area contributed by atoms with Gasteiger partial charge in [0.25, 0.3) is 0 Å². The highest BCUT2D eigenvalue weighted by Gasteiger charge is 2.02. The fourth-order valence-corrected chi connectivity index (χ4v) is 1.30. The summed E-state index contributed by atoms with van der Waals surface area (Å²) in [5.41, 5.74) is 0.534. The van der Waals surface area contributed by atoms with Crippen molar-refractivity contribution in [2.75, 3.05) is 0 Å². The van der Waals surface area contributed by atoms with Crippen LogP contribution in [0.4, 0.5) is 0 Å². The van der Waals surface area contributed by atoms with Crippen molar-refractivity contribution < 1.29 is 5.11 Å². The van der Waals surface area contributed by atoms with Crippen molar-refractivity contribution >= 4 is 0 Å². The van der Waals surface area contributed by atoms with E-state index in [1.807, 2.05) is 0 Å². The molecule has 0 unspecified atom stereocenters. The zero-order valence-electron chi connectivity index (χ0n) is 7.71. The average molecular weight is 190 g/mol. The van der Waals surface area contributed by atoms with Crippen molar-refractivity contribution in [1.82, 2.24) is 9.13 Å². The van der Waals surface area contributed by atoms with Crippen LogP contribution < -0.4 is 5.69 Å². The van der Waals surface area contributed by atoms with Crippen molar-refractivity contribution in [1.29, 1.82) is 0 Å². The van der Waals surface area contributed by atoms with Gasteiger partial charge in [-0.2, -0.15) is 0 Å². The minimum Gasteiger partial charge on any atom is -0.508 e. The molecule has 0 bridgehead atoms. The number of rotatable bonds is 1. The van der Waals surface area contributed by atoms with Gasteiger partial charge in [0.1, 0.15) is 5.75 Å². The zero-order chi connectivity index (χ0) is 10.1. The molecular weight excluding hydrogens is 180 g/mol. The Balaban J connectivity index is 2.60. The maximum absolute atomic E-state index is 11.5. The Morgan fingerprint density at radius 2 is 2.07 bits per heavy atom. The molecule has 1 aromatic carbocycles. The lowest BCUT2D eigenvalue weighted by atomic mass is 10.3. The van der Waals surface area contributed by atoms with Crippen molar-refractivity contribution in [2.45, 2.75) is 0 Å². The van der Waals surface area contributed by atoms with Gasteiger partial charge in [-0.1, -0.05) is 6.07 Å². The third-order valence-corrected chi connectivity index (χ3v) is 2.06. The Labute approximate surface area is 80.7 Å². The van der Waals surface area contributed by atoms with Crippen molar-refractivity contribution in [3.8, 4) is 11.4 Å². The largest absolute Gasteiger partial charge is 0.508 e. The van der Waals surface area contributed by atoms with Crippen LogP contribution in [0.1, 0.15) is 0 Å². The van der Waals surface area contributed by atoms with Gasteiger partial charge in [-0.25, -0.2) is 4.79 Å². The lowest BCUT2D eigenvalue weighted by Crippen LogP contribution is -2.20. The molecule has 0 amide bonds. The van der Waals surface area contributed by atoms with Crippen LogP contribution in [0.5, 0.6) is 5.75 Å². The second kappa shape index (κ2) is 3.06. The number of nitrogens with zero attached hydrogens (tertiary/aromatic N) is 2. The van der Waals surface area contributed by atoms with Crippen LogP contribution in [0.2, 0.25) is 0 Å². The molecule has 14 heavy (non-hydrogen) atoms. The first-order chi connectivity index (χ1) is 6.68. The van der Waals surface area contributed by atoms with Crippen LogP contribution in [0.15, 0.2) is 41.5 Å². The Hall–Kier alpha value is -1.97. The molecule has 0 aliphatic heterocycles. The molecule has 0 aliphatic rings. The van der Waals surface area contributed by atoms with Crippen LogP contribution in [-0.4, -0.2) is 14.2 Å². The second-order valence-corrected chi connectivity index (χ2v) is 3.08. The quantitative estimate of drug-likeness (QED) is 0.725. The molecule has 0 spiro atoms. The van der Waals surface area contributed by atoms with Gasteiger partial charge in [-0.3, -0.25) is 4.57 Å². The molecule has 72 valence electrons. The number of imidazole rings is 1. The summed E-state index contributed by atoms with van der Waals surface area (Å²) in [6.07, 6.45) is 3.34. The Kier molecular flexibility index (Phi) is 1.89. The molecular formula is C10H10N2O2. The highest BCUT2D eigenvalue weighted by molar-refractivity contribution is 5.38. The van der Waals surface area contributed by atoms with Crippen LogP contribution in [-0.2, 0) is 7.05 Å². The van der Waals surface area contributed by atoms with Crippen LogP contribution in [0, 0.1) is 0 Å². The standard InChI is InChI=1S/C10H10N2O2/c1-11-5-6-12(10(11)14)8-3-2-4-9(13)7-8/h2-7,13H,1H3. The third-order valence-electron chi connectivity index (χ3n) is 2.06. The molecule has 0 saturated heterocycles. The molecule has 1 aromatic heterocycles. The fraction of sp³-hybridized carbons (Fsp3) is 0.100. The third kappa shape index (κ3) is 1.31. The predicted molar refractivity (Wildman–Crippen MR) is 52.7 cm³/mol. The summed E-state index contributed by atoms with van der Waals surface area (Å²) in [5, 5.41) is 9.25. The van der Waals surface area contributed by atoms with E-state index in [2.05, 4.69) is 0 Å². The normalized spacial score (nSPS) is 10.4.